The van der Waals surface area contributed by atoms with Gasteiger partial charge in [0.2, 0.25) is 5.91 Å². The predicted molar refractivity (Wildman–Crippen MR) is 102 cm³/mol. The number of hydrogen-bond donors (Lipinski definition) is 0. The van der Waals surface area contributed by atoms with Crippen LogP contribution in [0.5, 0.6) is 0 Å². The smallest absolute Gasteiger partial charge is 0.229 e. The van der Waals surface area contributed by atoms with E-state index in [2.05, 4.69) is 34.9 Å². The van der Waals surface area contributed by atoms with Crippen molar-refractivity contribution in [1.29, 1.82) is 0 Å². The molecule has 0 aliphatic carbocycles. The van der Waals surface area contributed by atoms with Crippen LogP contribution in [-0.4, -0.2) is 28.5 Å². The number of fused-ring (bicyclic) bond motifs is 3. The molecule has 0 saturated carbocycles. The van der Waals surface area contributed by atoms with E-state index < -0.39 is 0 Å². The first-order valence-electron chi connectivity index (χ1n) is 9.14. The SMILES string of the molecule is CC(C(=O)N(C)[C@@H]1CCc2cc3ccccc3n2C1)c1ccc(F)cc1. The summed E-state index contributed by atoms with van der Waals surface area (Å²) in [6, 6.07) is 17.1. The summed E-state index contributed by atoms with van der Waals surface area (Å²) in [5.74, 6) is -0.467. The number of rotatable bonds is 3. The zero-order valence-electron chi connectivity index (χ0n) is 15.2. The average Bonchev–Trinajstić information content (AvgIpc) is 3.04. The minimum Gasteiger partial charge on any atom is -0.343 e. The number of likely N-dealkylation sites (N-methyl/N-ethyl adjacent to an activating group) is 1. The number of carbonyl (C=O) groups is 1. The lowest BCUT2D eigenvalue weighted by Crippen LogP contribution is -2.44. The van der Waals surface area contributed by atoms with Crippen LogP contribution in [0.4, 0.5) is 4.39 Å². The van der Waals surface area contributed by atoms with Crippen LogP contribution < -0.4 is 0 Å². The van der Waals surface area contributed by atoms with Crippen molar-refractivity contribution in [3.8, 4) is 0 Å². The van der Waals surface area contributed by atoms with E-state index in [4.69, 9.17) is 0 Å². The van der Waals surface area contributed by atoms with Gasteiger partial charge in [0.15, 0.2) is 0 Å². The molecule has 3 nitrogen and oxygen atoms in total. The summed E-state index contributed by atoms with van der Waals surface area (Å²) < 4.78 is 15.5. The number of carbonyl (C=O) groups excluding carboxylic acids is 1. The molecular formula is C22H23FN2O. The normalized spacial score (nSPS) is 17.7. The molecule has 0 bridgehead atoms. The van der Waals surface area contributed by atoms with Crippen molar-refractivity contribution in [2.75, 3.05) is 7.05 Å². The van der Waals surface area contributed by atoms with Crippen molar-refractivity contribution in [2.24, 2.45) is 0 Å². The molecule has 4 rings (SSSR count). The number of para-hydroxylation sites is 1. The lowest BCUT2D eigenvalue weighted by Gasteiger charge is -2.34. The Balaban J connectivity index is 1.54. The summed E-state index contributed by atoms with van der Waals surface area (Å²) in [4.78, 5) is 14.8. The fraction of sp³-hybridized carbons (Fsp3) is 0.318. The van der Waals surface area contributed by atoms with Gasteiger partial charge in [-0.25, -0.2) is 4.39 Å². The van der Waals surface area contributed by atoms with E-state index in [0.29, 0.717) is 0 Å². The highest BCUT2D eigenvalue weighted by atomic mass is 19.1. The largest absolute Gasteiger partial charge is 0.343 e. The average molecular weight is 350 g/mol. The molecular weight excluding hydrogens is 327 g/mol. The van der Waals surface area contributed by atoms with E-state index in [9.17, 15) is 9.18 Å². The third-order valence-corrected chi connectivity index (χ3v) is 5.66. The third-order valence-electron chi connectivity index (χ3n) is 5.66. The first kappa shape index (κ1) is 16.8. The van der Waals surface area contributed by atoms with Gasteiger partial charge < -0.3 is 9.47 Å². The molecule has 0 saturated heterocycles. The molecule has 0 N–H and O–H groups in total. The molecule has 134 valence electrons. The second-order valence-electron chi connectivity index (χ2n) is 7.22. The Morgan fingerprint density at radius 1 is 1.19 bits per heavy atom. The molecule has 2 heterocycles. The first-order valence-corrected chi connectivity index (χ1v) is 9.14. The first-order chi connectivity index (χ1) is 12.5. The van der Waals surface area contributed by atoms with Crippen molar-refractivity contribution >= 4 is 16.8 Å². The zero-order valence-corrected chi connectivity index (χ0v) is 15.2. The Morgan fingerprint density at radius 3 is 2.69 bits per heavy atom. The van der Waals surface area contributed by atoms with Crippen LogP contribution in [0, 0.1) is 5.82 Å². The van der Waals surface area contributed by atoms with Crippen molar-refractivity contribution < 1.29 is 9.18 Å². The van der Waals surface area contributed by atoms with Crippen LogP contribution in [0.25, 0.3) is 10.9 Å². The molecule has 4 heteroatoms. The molecule has 26 heavy (non-hydrogen) atoms. The van der Waals surface area contributed by atoms with Crippen LogP contribution in [0.1, 0.15) is 30.5 Å². The quantitative estimate of drug-likeness (QED) is 0.689. The molecule has 1 aromatic heterocycles. The topological polar surface area (TPSA) is 25.2 Å². The van der Waals surface area contributed by atoms with Gasteiger partial charge in [-0.05, 0) is 55.0 Å². The van der Waals surface area contributed by atoms with E-state index in [0.717, 1.165) is 24.9 Å². The van der Waals surface area contributed by atoms with Crippen molar-refractivity contribution in [1.82, 2.24) is 9.47 Å². The summed E-state index contributed by atoms with van der Waals surface area (Å²) >= 11 is 0. The molecule has 3 aromatic rings. The minimum atomic E-state index is -0.277. The maximum Gasteiger partial charge on any atom is 0.229 e. The van der Waals surface area contributed by atoms with Crippen LogP contribution in [-0.2, 0) is 17.8 Å². The number of aryl methyl sites for hydroxylation is 1. The van der Waals surface area contributed by atoms with Crippen LogP contribution >= 0.6 is 0 Å². The van der Waals surface area contributed by atoms with Gasteiger partial charge in [0, 0.05) is 30.8 Å². The van der Waals surface area contributed by atoms with Gasteiger partial charge in [-0.15, -0.1) is 0 Å². The number of nitrogens with zero attached hydrogens (tertiary/aromatic N) is 2. The lowest BCUT2D eigenvalue weighted by molar-refractivity contribution is -0.133. The molecule has 1 aliphatic heterocycles. The predicted octanol–water partition coefficient (Wildman–Crippen LogP) is 4.36. The summed E-state index contributed by atoms with van der Waals surface area (Å²) in [7, 11) is 1.89. The van der Waals surface area contributed by atoms with Crippen molar-refractivity contribution in [3.63, 3.8) is 0 Å². The van der Waals surface area contributed by atoms with E-state index in [-0.39, 0.29) is 23.7 Å². The number of hydrogen-bond acceptors (Lipinski definition) is 1. The van der Waals surface area contributed by atoms with Crippen molar-refractivity contribution in [3.05, 3.63) is 71.7 Å². The maximum absolute atomic E-state index is 13.1. The Hall–Kier alpha value is -2.62. The van der Waals surface area contributed by atoms with E-state index in [1.165, 1.54) is 28.7 Å². The van der Waals surface area contributed by atoms with Gasteiger partial charge in [-0.2, -0.15) is 0 Å². The Bertz CT molecular complexity index is 944. The van der Waals surface area contributed by atoms with Crippen molar-refractivity contribution in [2.45, 2.75) is 38.3 Å². The second kappa shape index (κ2) is 6.60. The van der Waals surface area contributed by atoms with Gasteiger partial charge in [-0.1, -0.05) is 30.3 Å². The fourth-order valence-electron chi connectivity index (χ4n) is 4.00. The third kappa shape index (κ3) is 2.90. The molecule has 0 radical (unpaired) electrons. The lowest BCUT2D eigenvalue weighted by atomic mass is 9.97. The summed E-state index contributed by atoms with van der Waals surface area (Å²) in [6.45, 7) is 2.71. The van der Waals surface area contributed by atoms with Gasteiger partial charge in [0.25, 0.3) is 0 Å². The van der Waals surface area contributed by atoms with E-state index in [1.54, 1.807) is 12.1 Å². The summed E-state index contributed by atoms with van der Waals surface area (Å²) in [5.41, 5.74) is 3.43. The van der Waals surface area contributed by atoms with Gasteiger partial charge in [0.05, 0.1) is 5.92 Å². The monoisotopic (exact) mass is 350 g/mol. The van der Waals surface area contributed by atoms with Gasteiger partial charge in [0.1, 0.15) is 5.82 Å². The number of benzene rings is 2. The number of halogens is 1. The number of amides is 1. The maximum atomic E-state index is 13.1. The summed E-state index contributed by atoms with van der Waals surface area (Å²) in [5, 5.41) is 1.26. The molecule has 2 aromatic carbocycles. The molecule has 0 spiro atoms. The fourth-order valence-corrected chi connectivity index (χ4v) is 4.00. The molecule has 1 aliphatic rings. The number of aromatic nitrogens is 1. The van der Waals surface area contributed by atoms with Crippen LogP contribution in [0.2, 0.25) is 0 Å². The van der Waals surface area contributed by atoms with Crippen LogP contribution in [0.15, 0.2) is 54.6 Å². The molecule has 1 unspecified atom stereocenters. The minimum absolute atomic E-state index is 0.0847. The Morgan fingerprint density at radius 2 is 1.92 bits per heavy atom. The van der Waals surface area contributed by atoms with E-state index >= 15 is 0 Å². The summed E-state index contributed by atoms with van der Waals surface area (Å²) in [6.07, 6.45) is 1.94. The van der Waals surface area contributed by atoms with E-state index in [1.807, 2.05) is 18.9 Å². The van der Waals surface area contributed by atoms with Gasteiger partial charge >= 0.3 is 0 Å². The molecule has 0 fully saturated rings. The Labute approximate surface area is 153 Å². The Kier molecular flexibility index (Phi) is 4.27. The molecule has 1 amide bonds. The zero-order chi connectivity index (χ0) is 18.3. The molecule has 2 atom stereocenters. The van der Waals surface area contributed by atoms with Crippen LogP contribution in [0.3, 0.4) is 0 Å². The highest BCUT2D eigenvalue weighted by Gasteiger charge is 2.29. The van der Waals surface area contributed by atoms with Gasteiger partial charge in [-0.3, -0.25) is 4.79 Å². The second-order valence-corrected chi connectivity index (χ2v) is 7.22. The standard InChI is InChI=1S/C22H23FN2O/c1-15(16-7-9-18(23)10-8-16)22(26)24(2)20-12-11-19-13-17-5-3-4-6-21(17)25(19)14-20/h3-10,13,15,20H,11-12,14H2,1-2H3/t15?,20-/m1/s1. The highest BCUT2D eigenvalue weighted by molar-refractivity contribution is 5.84. The highest BCUT2D eigenvalue weighted by Crippen LogP contribution is 2.28.